The lowest BCUT2D eigenvalue weighted by Crippen LogP contribution is -2.42. The van der Waals surface area contributed by atoms with Crippen molar-refractivity contribution in [2.75, 3.05) is 37.6 Å². The first-order valence-electron chi connectivity index (χ1n) is 12.2. The number of nitrogens with one attached hydrogen (secondary N) is 2. The molecule has 5 rings (SSSR count). The van der Waals surface area contributed by atoms with Gasteiger partial charge in [0.1, 0.15) is 5.01 Å². The molecule has 2 aromatic carbocycles. The molecule has 1 aromatic heterocycles. The molecule has 0 spiro atoms. The Kier molecular flexibility index (Phi) is 7.91. The number of benzene rings is 2. The van der Waals surface area contributed by atoms with Crippen molar-refractivity contribution < 1.29 is 9.59 Å². The third kappa shape index (κ3) is 6.28. The zero-order valence-electron chi connectivity index (χ0n) is 20.0. The van der Waals surface area contributed by atoms with E-state index in [4.69, 9.17) is 11.6 Å². The molecule has 0 bridgehead atoms. The van der Waals surface area contributed by atoms with Gasteiger partial charge in [-0.05, 0) is 41.8 Å². The fraction of sp³-hybridized carbons (Fsp3) is 0.385. The average Bonchev–Trinajstić information content (AvgIpc) is 3.51. The fourth-order valence-corrected chi connectivity index (χ4v) is 5.43. The fourth-order valence-electron chi connectivity index (χ4n) is 4.56. The number of anilines is 1. The second kappa shape index (κ2) is 11.5. The van der Waals surface area contributed by atoms with Gasteiger partial charge in [0.25, 0.3) is 5.91 Å². The van der Waals surface area contributed by atoms with E-state index in [0.717, 1.165) is 55.4 Å². The van der Waals surface area contributed by atoms with Crippen molar-refractivity contribution in [3.63, 3.8) is 0 Å². The predicted molar refractivity (Wildman–Crippen MR) is 142 cm³/mol. The SMILES string of the molecule is O=C(NC1CC(=O)N(c2ccc(CN3CCNCC3)cc2)C1)c1nnc(CCc2ccc(Cl)cc2)s1. The minimum absolute atomic E-state index is 0.0103. The molecule has 2 fully saturated rings. The summed E-state index contributed by atoms with van der Waals surface area (Å²) >= 11 is 7.23. The summed E-state index contributed by atoms with van der Waals surface area (Å²) in [7, 11) is 0. The first-order chi connectivity index (χ1) is 17.5. The molecule has 2 amide bonds. The molecule has 2 aliphatic heterocycles. The van der Waals surface area contributed by atoms with Crippen LogP contribution >= 0.6 is 22.9 Å². The summed E-state index contributed by atoms with van der Waals surface area (Å²) in [6.45, 7) is 5.50. The summed E-state index contributed by atoms with van der Waals surface area (Å²) < 4.78 is 0. The molecule has 0 radical (unpaired) electrons. The number of amides is 2. The molecular weight excluding hydrogens is 496 g/mol. The van der Waals surface area contributed by atoms with Crippen LogP contribution in [0.5, 0.6) is 0 Å². The van der Waals surface area contributed by atoms with Crippen LogP contribution in [0.2, 0.25) is 5.02 Å². The van der Waals surface area contributed by atoms with Gasteiger partial charge >= 0.3 is 0 Å². The monoisotopic (exact) mass is 524 g/mol. The van der Waals surface area contributed by atoms with E-state index in [1.165, 1.54) is 16.9 Å². The Bertz CT molecular complexity index is 1190. The molecule has 8 nitrogen and oxygen atoms in total. The van der Waals surface area contributed by atoms with Crippen molar-refractivity contribution in [3.8, 4) is 0 Å². The normalized spacial score (nSPS) is 18.5. The largest absolute Gasteiger partial charge is 0.345 e. The third-order valence-corrected chi connectivity index (χ3v) is 7.76. The van der Waals surface area contributed by atoms with Gasteiger partial charge in [-0.1, -0.05) is 47.2 Å². The summed E-state index contributed by atoms with van der Waals surface area (Å²) in [5.74, 6) is -0.271. The quantitative estimate of drug-likeness (QED) is 0.471. The molecule has 3 aromatic rings. The highest BCUT2D eigenvalue weighted by Crippen LogP contribution is 2.23. The summed E-state index contributed by atoms with van der Waals surface area (Å²) in [6, 6.07) is 15.6. The highest BCUT2D eigenvalue weighted by atomic mass is 35.5. The summed E-state index contributed by atoms with van der Waals surface area (Å²) in [6.07, 6.45) is 1.77. The van der Waals surface area contributed by atoms with Crippen LogP contribution in [0, 0.1) is 0 Å². The van der Waals surface area contributed by atoms with Gasteiger partial charge in [0.2, 0.25) is 10.9 Å². The highest BCUT2D eigenvalue weighted by molar-refractivity contribution is 7.13. The van der Waals surface area contributed by atoms with Crippen molar-refractivity contribution >= 4 is 40.4 Å². The van der Waals surface area contributed by atoms with Crippen LogP contribution in [0.3, 0.4) is 0 Å². The van der Waals surface area contributed by atoms with Gasteiger partial charge in [-0.15, -0.1) is 10.2 Å². The Hall–Kier alpha value is -2.85. The topological polar surface area (TPSA) is 90.5 Å². The molecule has 2 saturated heterocycles. The minimum atomic E-state index is -0.281. The Labute approximate surface area is 219 Å². The van der Waals surface area contributed by atoms with Crippen molar-refractivity contribution in [2.24, 2.45) is 0 Å². The number of rotatable bonds is 8. The average molecular weight is 525 g/mol. The number of halogens is 1. The van der Waals surface area contributed by atoms with Crippen molar-refractivity contribution in [3.05, 3.63) is 74.7 Å². The summed E-state index contributed by atoms with van der Waals surface area (Å²) in [4.78, 5) is 29.6. The maximum atomic E-state index is 12.8. The van der Waals surface area contributed by atoms with E-state index in [9.17, 15) is 9.59 Å². The maximum absolute atomic E-state index is 12.8. The van der Waals surface area contributed by atoms with Crippen LogP contribution in [0.1, 0.15) is 32.4 Å². The second-order valence-electron chi connectivity index (χ2n) is 9.20. The maximum Gasteiger partial charge on any atom is 0.282 e. The van der Waals surface area contributed by atoms with Gasteiger partial charge in [-0.25, -0.2) is 0 Å². The number of piperazine rings is 1. The van der Waals surface area contributed by atoms with Crippen LogP contribution < -0.4 is 15.5 Å². The van der Waals surface area contributed by atoms with E-state index in [-0.39, 0.29) is 24.3 Å². The first kappa shape index (κ1) is 24.8. The number of carbonyl (C=O) groups excluding carboxylic acids is 2. The van der Waals surface area contributed by atoms with Crippen LogP contribution in [0.4, 0.5) is 5.69 Å². The number of nitrogens with zero attached hydrogens (tertiary/aromatic N) is 4. The number of carbonyl (C=O) groups is 2. The van der Waals surface area contributed by atoms with E-state index in [1.807, 2.05) is 36.4 Å². The smallest absolute Gasteiger partial charge is 0.282 e. The standard InChI is InChI=1S/C26H29ClN6O2S/c27-20-6-1-18(2-7-20)5-10-23-30-31-26(36-23)25(35)29-21-15-24(34)33(17-21)22-8-3-19(4-9-22)16-32-13-11-28-12-14-32/h1-4,6-9,21,28H,5,10-17H2,(H,29,35). The minimum Gasteiger partial charge on any atom is -0.345 e. The highest BCUT2D eigenvalue weighted by Gasteiger charge is 2.32. The Morgan fingerprint density at radius 2 is 1.75 bits per heavy atom. The van der Waals surface area contributed by atoms with Crippen LogP contribution in [0.25, 0.3) is 0 Å². The van der Waals surface area contributed by atoms with E-state index >= 15 is 0 Å². The van der Waals surface area contributed by atoms with Crippen molar-refractivity contribution in [1.82, 2.24) is 25.7 Å². The van der Waals surface area contributed by atoms with Crippen LogP contribution in [0.15, 0.2) is 48.5 Å². The lowest BCUT2D eigenvalue weighted by molar-refractivity contribution is -0.117. The summed E-state index contributed by atoms with van der Waals surface area (Å²) in [5, 5.41) is 16.4. The molecule has 3 heterocycles. The van der Waals surface area contributed by atoms with Gasteiger partial charge in [-0.2, -0.15) is 0 Å². The Morgan fingerprint density at radius 3 is 2.50 bits per heavy atom. The Morgan fingerprint density at radius 1 is 1.03 bits per heavy atom. The summed E-state index contributed by atoms with van der Waals surface area (Å²) in [5.41, 5.74) is 3.25. The van der Waals surface area contributed by atoms with E-state index < -0.39 is 0 Å². The number of aryl methyl sites for hydroxylation is 2. The van der Waals surface area contributed by atoms with Gasteiger partial charge in [0.05, 0.1) is 6.04 Å². The third-order valence-electron chi connectivity index (χ3n) is 6.53. The molecule has 0 aliphatic carbocycles. The molecule has 0 saturated carbocycles. The molecule has 10 heteroatoms. The number of hydrogen-bond acceptors (Lipinski definition) is 7. The molecular formula is C26H29ClN6O2S. The first-order valence-corrected chi connectivity index (χ1v) is 13.4. The molecule has 188 valence electrons. The van der Waals surface area contributed by atoms with E-state index in [0.29, 0.717) is 23.0 Å². The van der Waals surface area contributed by atoms with E-state index in [1.54, 1.807) is 4.90 Å². The van der Waals surface area contributed by atoms with Gasteiger partial charge in [-0.3, -0.25) is 14.5 Å². The lowest BCUT2D eigenvalue weighted by Gasteiger charge is -2.27. The zero-order chi connectivity index (χ0) is 24.9. The number of aromatic nitrogens is 2. The zero-order valence-corrected chi connectivity index (χ0v) is 21.5. The van der Waals surface area contributed by atoms with E-state index in [2.05, 4.69) is 37.9 Å². The van der Waals surface area contributed by atoms with Crippen molar-refractivity contribution in [2.45, 2.75) is 31.8 Å². The molecule has 2 N–H and O–H groups in total. The predicted octanol–water partition coefficient (Wildman–Crippen LogP) is 2.92. The van der Waals surface area contributed by atoms with Gasteiger partial charge < -0.3 is 15.5 Å². The molecule has 36 heavy (non-hydrogen) atoms. The van der Waals surface area contributed by atoms with Crippen LogP contribution in [-0.2, 0) is 24.2 Å². The van der Waals surface area contributed by atoms with Crippen molar-refractivity contribution in [1.29, 1.82) is 0 Å². The van der Waals surface area contributed by atoms with Gasteiger partial charge in [0, 0.05) is 62.8 Å². The van der Waals surface area contributed by atoms with Crippen LogP contribution in [-0.4, -0.2) is 65.7 Å². The molecule has 2 aliphatic rings. The molecule has 1 unspecified atom stereocenters. The second-order valence-corrected chi connectivity index (χ2v) is 10.7. The number of hydrogen-bond donors (Lipinski definition) is 2. The Balaban J connectivity index is 1.12. The van der Waals surface area contributed by atoms with Gasteiger partial charge in [0.15, 0.2) is 0 Å². The molecule has 1 atom stereocenters. The lowest BCUT2D eigenvalue weighted by atomic mass is 10.1.